The van der Waals surface area contributed by atoms with Gasteiger partial charge in [-0.1, -0.05) is 36.4 Å². The van der Waals surface area contributed by atoms with Crippen molar-refractivity contribution in [2.45, 2.75) is 53.4 Å². The smallest absolute Gasteiger partial charge is 0.235 e. The van der Waals surface area contributed by atoms with Crippen molar-refractivity contribution < 1.29 is 47.5 Å². The van der Waals surface area contributed by atoms with E-state index in [1.807, 2.05) is 88.4 Å². The number of para-hydroxylation sites is 2. The molecule has 10 nitrogen and oxygen atoms in total. The Morgan fingerprint density at radius 1 is 0.433 bits per heavy atom. The van der Waals surface area contributed by atoms with Crippen LogP contribution in [0.3, 0.4) is 0 Å². The number of hydrogen-bond donors (Lipinski definition) is 0. The molecule has 0 N–H and O–H groups in total. The molecule has 0 saturated carbocycles. The minimum atomic E-state index is -0.440. The number of terminal acetylenes is 2. The highest BCUT2D eigenvalue weighted by Gasteiger charge is 2.24. The molecule has 5 rings (SSSR count). The first-order chi connectivity index (χ1) is 29.3. The molecular weight excluding hydrogens is 761 g/mol. The average Bonchev–Trinajstić information content (AvgIpc) is 3.25. The van der Waals surface area contributed by atoms with Gasteiger partial charge in [0.1, 0.15) is 49.4 Å². The first-order valence-electron chi connectivity index (χ1n) is 20.7. The van der Waals surface area contributed by atoms with Crippen LogP contribution in [0, 0.1) is 24.7 Å². The van der Waals surface area contributed by atoms with Gasteiger partial charge in [-0.2, -0.15) is 0 Å². The van der Waals surface area contributed by atoms with Crippen LogP contribution in [-0.2, 0) is 44.6 Å². The van der Waals surface area contributed by atoms with E-state index in [1.165, 1.54) is 0 Å². The summed E-state index contributed by atoms with van der Waals surface area (Å²) in [6.07, 6.45) is 12.8. The summed E-state index contributed by atoms with van der Waals surface area (Å²) in [6, 6.07) is 19.2. The number of ketones is 2. The number of ether oxygens (including phenoxy) is 8. The van der Waals surface area contributed by atoms with E-state index in [4.69, 9.17) is 50.7 Å². The van der Waals surface area contributed by atoms with Crippen LogP contribution in [0.25, 0.3) is 0 Å². The largest absolute Gasteiger partial charge is 0.491 e. The predicted molar refractivity (Wildman–Crippen MR) is 231 cm³/mol. The molecular formula is C50H56O10. The molecule has 4 aromatic carbocycles. The molecule has 10 heteroatoms. The summed E-state index contributed by atoms with van der Waals surface area (Å²) in [7, 11) is 0. The maximum Gasteiger partial charge on any atom is 0.235 e. The summed E-state index contributed by atoms with van der Waals surface area (Å²) in [6.45, 7) is 12.6. The molecule has 0 radical (unpaired) electrons. The Morgan fingerprint density at radius 3 is 0.917 bits per heavy atom. The van der Waals surface area contributed by atoms with Gasteiger partial charge >= 0.3 is 0 Å². The van der Waals surface area contributed by atoms with E-state index < -0.39 is 11.6 Å². The SMILES string of the molecule is C#CC(=O)c1cc2c(OCCOCC)c(c1)Cc1cccc(c1OCCOCC)Cc1cc(C(=O)C#C)cc(c1OCCOCC)Cc1cccc(c1OCCOCC)C2. The van der Waals surface area contributed by atoms with Crippen LogP contribution >= 0.6 is 0 Å². The lowest BCUT2D eigenvalue weighted by Crippen LogP contribution is -2.14. The molecule has 0 saturated heterocycles. The van der Waals surface area contributed by atoms with Crippen molar-refractivity contribution in [2.24, 2.45) is 0 Å². The van der Waals surface area contributed by atoms with E-state index in [2.05, 4.69) is 11.8 Å². The summed E-state index contributed by atoms with van der Waals surface area (Å²) in [5.41, 5.74) is 7.14. The highest BCUT2D eigenvalue weighted by molar-refractivity contribution is 6.09. The van der Waals surface area contributed by atoms with Crippen LogP contribution in [0.4, 0.5) is 0 Å². The lowest BCUT2D eigenvalue weighted by atomic mass is 9.89. The molecule has 0 amide bonds. The van der Waals surface area contributed by atoms with E-state index in [0.717, 1.165) is 44.5 Å². The molecule has 316 valence electrons. The number of Topliss-reactive ketones (excluding diaryl/α,β-unsaturated/α-hetero) is 2. The van der Waals surface area contributed by atoms with Crippen molar-refractivity contribution in [3.8, 4) is 47.7 Å². The van der Waals surface area contributed by atoms with Gasteiger partial charge in [-0.25, -0.2) is 0 Å². The van der Waals surface area contributed by atoms with Crippen LogP contribution in [0.2, 0.25) is 0 Å². The number of rotatable bonds is 22. The molecule has 0 atom stereocenters. The minimum Gasteiger partial charge on any atom is -0.491 e. The van der Waals surface area contributed by atoms with E-state index in [1.54, 1.807) is 0 Å². The van der Waals surface area contributed by atoms with Crippen molar-refractivity contribution in [1.82, 2.24) is 0 Å². The summed E-state index contributed by atoms with van der Waals surface area (Å²) >= 11 is 0. The van der Waals surface area contributed by atoms with E-state index in [0.29, 0.717) is 113 Å². The molecule has 1 aliphatic carbocycles. The number of hydrogen-bond acceptors (Lipinski definition) is 10. The van der Waals surface area contributed by atoms with Gasteiger partial charge < -0.3 is 37.9 Å². The van der Waals surface area contributed by atoms with E-state index >= 15 is 0 Å². The second-order valence-electron chi connectivity index (χ2n) is 13.9. The Hall–Kier alpha value is -5.62. The number of benzene rings is 4. The number of carbonyl (C=O) groups excluding carboxylic acids is 2. The van der Waals surface area contributed by atoms with Gasteiger partial charge in [0.2, 0.25) is 11.6 Å². The van der Waals surface area contributed by atoms with Crippen LogP contribution in [0.15, 0.2) is 60.7 Å². The lowest BCUT2D eigenvalue weighted by Gasteiger charge is -2.23. The zero-order valence-corrected chi connectivity index (χ0v) is 35.3. The minimum absolute atomic E-state index is 0.283. The maximum absolute atomic E-state index is 13.3. The van der Waals surface area contributed by atoms with Crippen LogP contribution in [-0.4, -0.2) is 90.8 Å². The third-order valence-corrected chi connectivity index (χ3v) is 9.86. The van der Waals surface area contributed by atoms with E-state index in [9.17, 15) is 9.59 Å². The Morgan fingerprint density at radius 2 is 0.683 bits per heavy atom. The highest BCUT2D eigenvalue weighted by atomic mass is 16.5. The summed E-state index contributed by atoms with van der Waals surface area (Å²) < 4.78 is 49.1. The maximum atomic E-state index is 13.3. The molecule has 60 heavy (non-hydrogen) atoms. The first-order valence-corrected chi connectivity index (χ1v) is 20.7. The topological polar surface area (TPSA) is 108 Å². The predicted octanol–water partition coefficient (Wildman–Crippen LogP) is 7.66. The fourth-order valence-corrected chi connectivity index (χ4v) is 7.25. The molecule has 0 heterocycles. The highest BCUT2D eigenvalue weighted by Crippen LogP contribution is 2.40. The van der Waals surface area contributed by atoms with Crippen molar-refractivity contribution in [2.75, 3.05) is 79.3 Å². The molecule has 0 fully saturated rings. The number of fused-ring (bicyclic) bond motifs is 8. The van der Waals surface area contributed by atoms with Crippen LogP contribution in [0.5, 0.6) is 23.0 Å². The van der Waals surface area contributed by atoms with Crippen molar-refractivity contribution >= 4 is 11.6 Å². The molecule has 0 spiro atoms. The Kier molecular flexibility index (Phi) is 18.1. The summed E-state index contributed by atoms with van der Waals surface area (Å²) in [5.74, 6) is 6.28. The molecule has 1 aliphatic rings. The lowest BCUT2D eigenvalue weighted by molar-refractivity contribution is 0.104. The zero-order chi connectivity index (χ0) is 42.7. The Labute approximate surface area is 354 Å². The normalized spacial score (nSPS) is 11.9. The quantitative estimate of drug-likeness (QED) is 0.0299. The van der Waals surface area contributed by atoms with Crippen molar-refractivity contribution in [3.05, 3.63) is 116 Å². The Bertz CT molecular complexity index is 1910. The molecule has 0 aliphatic heterocycles. The standard InChI is InChI=1S/C50H56O10/c1-7-45(51)39-31-41-27-35-15-13-17-37(47(35)57-23-19-53-9-3)29-43-33-40(46(52)8-2)34-44(50(43)60-26-22-56-12-6)30-38-18-14-16-36(48(38)58-24-20-54-10-4)28-42(32-39)49(41)59-25-21-55-11-5/h1-2,13-18,31-34H,9-12,19-30H2,3-6H3. The first kappa shape index (κ1) is 45.5. The summed E-state index contributed by atoms with van der Waals surface area (Å²) in [4.78, 5) is 26.6. The van der Waals surface area contributed by atoms with Gasteiger partial charge in [0, 0.05) is 63.2 Å². The monoisotopic (exact) mass is 816 g/mol. The fraction of sp³-hybridized carbons (Fsp3) is 0.400. The molecule has 4 aromatic rings. The molecule has 0 aromatic heterocycles. The van der Waals surface area contributed by atoms with Gasteiger partial charge in [-0.15, -0.1) is 12.8 Å². The van der Waals surface area contributed by atoms with Gasteiger partial charge in [0.15, 0.2) is 0 Å². The third-order valence-electron chi connectivity index (χ3n) is 9.86. The number of carbonyl (C=O) groups is 2. The fourth-order valence-electron chi connectivity index (χ4n) is 7.25. The third kappa shape index (κ3) is 12.2. The molecule has 8 bridgehead atoms. The van der Waals surface area contributed by atoms with Gasteiger partial charge in [-0.05, 0) is 108 Å². The van der Waals surface area contributed by atoms with Crippen LogP contribution < -0.4 is 18.9 Å². The van der Waals surface area contributed by atoms with Gasteiger partial charge in [0.05, 0.1) is 26.4 Å². The zero-order valence-electron chi connectivity index (χ0n) is 35.3. The van der Waals surface area contributed by atoms with E-state index in [-0.39, 0.29) is 26.4 Å². The second-order valence-corrected chi connectivity index (χ2v) is 13.9. The summed E-state index contributed by atoms with van der Waals surface area (Å²) in [5, 5.41) is 0. The van der Waals surface area contributed by atoms with Crippen LogP contribution in [0.1, 0.15) is 92.9 Å². The van der Waals surface area contributed by atoms with Crippen molar-refractivity contribution in [3.63, 3.8) is 0 Å². The van der Waals surface area contributed by atoms with Crippen molar-refractivity contribution in [1.29, 1.82) is 0 Å². The Balaban J connectivity index is 1.82. The van der Waals surface area contributed by atoms with Gasteiger partial charge in [0.25, 0.3) is 0 Å². The van der Waals surface area contributed by atoms with Gasteiger partial charge in [-0.3, -0.25) is 9.59 Å². The second kappa shape index (κ2) is 23.8. The average molecular weight is 817 g/mol. The molecule has 0 unspecified atom stereocenters.